The van der Waals surface area contributed by atoms with Gasteiger partial charge in [0.15, 0.2) is 0 Å². The summed E-state index contributed by atoms with van der Waals surface area (Å²) in [6.07, 6.45) is 3.47. The number of nitrogens with zero attached hydrogens (tertiary/aromatic N) is 3. The van der Waals surface area contributed by atoms with Crippen LogP contribution in [0, 0.1) is 5.82 Å². The van der Waals surface area contributed by atoms with Crippen molar-refractivity contribution >= 4 is 5.91 Å². The minimum Gasteiger partial charge on any atom is -0.376 e. The van der Waals surface area contributed by atoms with Crippen LogP contribution < -0.4 is 10.9 Å². The number of hydrogen-bond acceptors (Lipinski definition) is 6. The molecule has 2 aromatic heterocycles. The Bertz CT molecular complexity index is 1050. The standard InChI is InChI=1S/C20H19FN4O4/c21-14-7-5-13(6-8-14)18-23-19(29-24-18)16-4-1-9-25(20(16)27)12-17(26)22-11-15-3-2-10-28-15/h1,4-9,15H,2-3,10-12H2,(H,22,26)/t15-/m0/s1. The number of aromatic nitrogens is 3. The first-order valence-electron chi connectivity index (χ1n) is 9.28. The van der Waals surface area contributed by atoms with Crippen LogP contribution in [0.2, 0.25) is 0 Å². The maximum Gasteiger partial charge on any atom is 0.263 e. The molecule has 0 aliphatic carbocycles. The van der Waals surface area contributed by atoms with Gasteiger partial charge in [-0.05, 0) is 49.2 Å². The zero-order chi connectivity index (χ0) is 20.2. The van der Waals surface area contributed by atoms with Crippen LogP contribution in [-0.2, 0) is 16.1 Å². The van der Waals surface area contributed by atoms with E-state index in [2.05, 4.69) is 15.5 Å². The highest BCUT2D eigenvalue weighted by molar-refractivity contribution is 5.75. The molecule has 9 heteroatoms. The second-order valence-corrected chi connectivity index (χ2v) is 6.72. The average molecular weight is 398 g/mol. The van der Waals surface area contributed by atoms with Crippen molar-refractivity contribution in [2.45, 2.75) is 25.5 Å². The lowest BCUT2D eigenvalue weighted by Gasteiger charge is -2.11. The van der Waals surface area contributed by atoms with Crippen LogP contribution in [0.15, 0.2) is 51.9 Å². The maximum atomic E-state index is 13.1. The molecule has 0 radical (unpaired) electrons. The topological polar surface area (TPSA) is 99.3 Å². The Hall–Kier alpha value is -3.33. The monoisotopic (exact) mass is 398 g/mol. The summed E-state index contributed by atoms with van der Waals surface area (Å²) >= 11 is 0. The van der Waals surface area contributed by atoms with Crippen LogP contribution in [0.25, 0.3) is 22.8 Å². The molecule has 8 nitrogen and oxygen atoms in total. The Balaban J connectivity index is 1.48. The highest BCUT2D eigenvalue weighted by Crippen LogP contribution is 2.20. The van der Waals surface area contributed by atoms with Gasteiger partial charge < -0.3 is 19.1 Å². The van der Waals surface area contributed by atoms with Crippen molar-refractivity contribution in [1.82, 2.24) is 20.0 Å². The van der Waals surface area contributed by atoms with Crippen molar-refractivity contribution in [1.29, 1.82) is 0 Å². The second-order valence-electron chi connectivity index (χ2n) is 6.72. The molecule has 29 heavy (non-hydrogen) atoms. The van der Waals surface area contributed by atoms with Crippen molar-refractivity contribution in [3.8, 4) is 22.8 Å². The molecule has 3 heterocycles. The summed E-state index contributed by atoms with van der Waals surface area (Å²) in [6.45, 7) is 1.02. The molecular weight excluding hydrogens is 379 g/mol. The number of ether oxygens (including phenoxy) is 1. The zero-order valence-electron chi connectivity index (χ0n) is 15.5. The van der Waals surface area contributed by atoms with Gasteiger partial charge in [0.1, 0.15) is 17.9 Å². The lowest BCUT2D eigenvalue weighted by Crippen LogP contribution is -2.36. The molecule has 1 aliphatic heterocycles. The van der Waals surface area contributed by atoms with Gasteiger partial charge in [0, 0.05) is 24.9 Å². The Morgan fingerprint density at radius 3 is 2.86 bits per heavy atom. The quantitative estimate of drug-likeness (QED) is 0.682. The number of amides is 1. The van der Waals surface area contributed by atoms with Crippen molar-refractivity contribution in [3.05, 3.63) is 58.8 Å². The van der Waals surface area contributed by atoms with E-state index in [-0.39, 0.29) is 41.7 Å². The first-order chi connectivity index (χ1) is 14.1. The Morgan fingerprint density at radius 2 is 2.10 bits per heavy atom. The fourth-order valence-electron chi connectivity index (χ4n) is 3.12. The van der Waals surface area contributed by atoms with Gasteiger partial charge in [-0.15, -0.1) is 0 Å². The molecular formula is C20H19FN4O4. The summed E-state index contributed by atoms with van der Waals surface area (Å²) in [5, 5.41) is 6.63. The van der Waals surface area contributed by atoms with E-state index in [9.17, 15) is 14.0 Å². The summed E-state index contributed by atoms with van der Waals surface area (Å²) < 4.78 is 25.0. The number of carbonyl (C=O) groups is 1. The fourth-order valence-corrected chi connectivity index (χ4v) is 3.12. The third-order valence-corrected chi connectivity index (χ3v) is 4.64. The van der Waals surface area contributed by atoms with E-state index in [4.69, 9.17) is 9.26 Å². The molecule has 0 saturated carbocycles. The van der Waals surface area contributed by atoms with Crippen LogP contribution >= 0.6 is 0 Å². The number of carbonyl (C=O) groups excluding carboxylic acids is 1. The summed E-state index contributed by atoms with van der Waals surface area (Å²) in [4.78, 5) is 29.1. The Kier molecular flexibility index (Phi) is 5.48. The molecule has 1 fully saturated rings. The van der Waals surface area contributed by atoms with Crippen molar-refractivity contribution < 1.29 is 18.4 Å². The fraction of sp³-hybridized carbons (Fsp3) is 0.300. The molecule has 1 amide bonds. The van der Waals surface area contributed by atoms with Gasteiger partial charge in [-0.25, -0.2) is 4.39 Å². The van der Waals surface area contributed by atoms with Gasteiger partial charge in [0.2, 0.25) is 11.7 Å². The number of rotatable bonds is 6. The predicted molar refractivity (Wildman–Crippen MR) is 101 cm³/mol. The average Bonchev–Trinajstić information content (AvgIpc) is 3.41. The number of hydrogen-bond donors (Lipinski definition) is 1. The SMILES string of the molecule is O=C(Cn1cccc(-c2nc(-c3ccc(F)cc3)no2)c1=O)NC[C@@H]1CCCO1. The summed E-state index contributed by atoms with van der Waals surface area (Å²) in [6, 6.07) is 8.79. The van der Waals surface area contributed by atoms with Crippen molar-refractivity contribution in [3.63, 3.8) is 0 Å². The number of pyridine rings is 1. The highest BCUT2D eigenvalue weighted by atomic mass is 19.1. The predicted octanol–water partition coefficient (Wildman–Crippen LogP) is 2.00. The highest BCUT2D eigenvalue weighted by Gasteiger charge is 2.18. The second kappa shape index (κ2) is 8.36. The smallest absolute Gasteiger partial charge is 0.263 e. The van der Waals surface area contributed by atoms with Crippen LogP contribution in [0.5, 0.6) is 0 Å². The Labute approximate surface area is 165 Å². The van der Waals surface area contributed by atoms with E-state index in [0.29, 0.717) is 18.7 Å². The molecule has 150 valence electrons. The summed E-state index contributed by atoms with van der Waals surface area (Å²) in [5.41, 5.74) is 0.320. The van der Waals surface area contributed by atoms with Crippen LogP contribution in [0.4, 0.5) is 4.39 Å². The lowest BCUT2D eigenvalue weighted by atomic mass is 10.2. The lowest BCUT2D eigenvalue weighted by molar-refractivity contribution is -0.122. The zero-order valence-corrected chi connectivity index (χ0v) is 15.5. The summed E-state index contributed by atoms with van der Waals surface area (Å²) in [5.74, 6) is -0.383. The van der Waals surface area contributed by atoms with E-state index in [1.165, 1.54) is 35.0 Å². The molecule has 4 rings (SSSR count). The largest absolute Gasteiger partial charge is 0.376 e. The van der Waals surface area contributed by atoms with Gasteiger partial charge in [-0.2, -0.15) is 4.98 Å². The van der Waals surface area contributed by atoms with Gasteiger partial charge >= 0.3 is 0 Å². The van der Waals surface area contributed by atoms with E-state index in [0.717, 1.165) is 12.8 Å². The summed E-state index contributed by atoms with van der Waals surface area (Å²) in [7, 11) is 0. The maximum absolute atomic E-state index is 13.1. The number of nitrogens with one attached hydrogen (secondary N) is 1. The van der Waals surface area contributed by atoms with E-state index < -0.39 is 5.56 Å². The van der Waals surface area contributed by atoms with Crippen molar-refractivity contribution in [2.75, 3.05) is 13.2 Å². The Morgan fingerprint density at radius 1 is 1.28 bits per heavy atom. The normalized spacial score (nSPS) is 16.1. The van der Waals surface area contributed by atoms with Gasteiger partial charge in [-0.3, -0.25) is 9.59 Å². The molecule has 1 aromatic carbocycles. The third kappa shape index (κ3) is 4.40. The molecule has 1 N–H and O–H groups in total. The van der Waals surface area contributed by atoms with Gasteiger partial charge in [0.05, 0.1) is 6.10 Å². The molecule has 0 spiro atoms. The van der Waals surface area contributed by atoms with E-state index >= 15 is 0 Å². The van der Waals surface area contributed by atoms with E-state index in [1.807, 2.05) is 0 Å². The molecule has 1 saturated heterocycles. The van der Waals surface area contributed by atoms with E-state index in [1.54, 1.807) is 12.1 Å². The van der Waals surface area contributed by atoms with Gasteiger partial charge in [0.25, 0.3) is 11.4 Å². The minimum absolute atomic E-state index is 0.0310. The van der Waals surface area contributed by atoms with Crippen LogP contribution in [-0.4, -0.2) is 39.9 Å². The van der Waals surface area contributed by atoms with Crippen LogP contribution in [0.1, 0.15) is 12.8 Å². The minimum atomic E-state index is -0.422. The molecule has 0 bridgehead atoms. The third-order valence-electron chi connectivity index (χ3n) is 4.64. The molecule has 1 atom stereocenters. The van der Waals surface area contributed by atoms with Crippen LogP contribution in [0.3, 0.4) is 0 Å². The van der Waals surface area contributed by atoms with Crippen molar-refractivity contribution in [2.24, 2.45) is 0 Å². The molecule has 3 aromatic rings. The molecule has 1 aliphatic rings. The first kappa shape index (κ1) is 19.0. The number of halogens is 1. The molecule has 0 unspecified atom stereocenters. The van der Waals surface area contributed by atoms with Gasteiger partial charge in [-0.1, -0.05) is 5.16 Å². The number of benzene rings is 1. The first-order valence-corrected chi connectivity index (χ1v) is 9.28.